The third-order valence-electron chi connectivity index (χ3n) is 4.79. The standard InChI is InChI=1S/C16H25N5/c17-16(18)15-13(4-3-7-19-15)12-20-8-10-21(11-9-20)14-5-1-2-6-14/h3-4,7,14H,1-2,5-6,8-12H2,(H3,17,18). The molecule has 2 fully saturated rings. The monoisotopic (exact) mass is 287 g/mol. The van der Waals surface area contributed by atoms with E-state index in [1.165, 1.54) is 38.8 Å². The molecule has 1 aromatic rings. The van der Waals surface area contributed by atoms with Gasteiger partial charge in [0.25, 0.3) is 0 Å². The Labute approximate surface area is 126 Å². The zero-order valence-electron chi connectivity index (χ0n) is 12.6. The molecule has 0 aromatic carbocycles. The van der Waals surface area contributed by atoms with E-state index < -0.39 is 0 Å². The van der Waals surface area contributed by atoms with Crippen LogP contribution in [0.4, 0.5) is 0 Å². The number of nitrogens with one attached hydrogen (secondary N) is 1. The van der Waals surface area contributed by atoms with E-state index in [0.717, 1.165) is 31.2 Å². The van der Waals surface area contributed by atoms with Crippen LogP contribution in [0.1, 0.15) is 36.9 Å². The second kappa shape index (κ2) is 6.54. The topological polar surface area (TPSA) is 69.2 Å². The van der Waals surface area contributed by atoms with Crippen LogP contribution in [0.25, 0.3) is 0 Å². The summed E-state index contributed by atoms with van der Waals surface area (Å²) in [5, 5.41) is 7.63. The SMILES string of the molecule is N=C(N)c1ncccc1CN1CCN(C2CCCC2)CC1. The third-order valence-corrected chi connectivity index (χ3v) is 4.79. The minimum absolute atomic E-state index is 0.0650. The van der Waals surface area contributed by atoms with Crippen LogP contribution in [0, 0.1) is 5.41 Å². The highest BCUT2D eigenvalue weighted by Crippen LogP contribution is 2.24. The Kier molecular flexibility index (Phi) is 4.51. The Hall–Kier alpha value is -1.46. The van der Waals surface area contributed by atoms with Gasteiger partial charge in [0.1, 0.15) is 11.5 Å². The molecule has 1 aliphatic heterocycles. The normalized spacial score (nSPS) is 21.7. The molecule has 3 N–H and O–H groups in total. The van der Waals surface area contributed by atoms with Crippen molar-refractivity contribution in [3.63, 3.8) is 0 Å². The Morgan fingerprint density at radius 1 is 1.24 bits per heavy atom. The van der Waals surface area contributed by atoms with Gasteiger partial charge in [-0.25, -0.2) is 0 Å². The number of nitrogen functional groups attached to an aromatic ring is 1. The van der Waals surface area contributed by atoms with E-state index in [2.05, 4.69) is 14.8 Å². The minimum atomic E-state index is 0.0650. The lowest BCUT2D eigenvalue weighted by atomic mass is 10.1. The van der Waals surface area contributed by atoms with Gasteiger partial charge in [0.15, 0.2) is 0 Å². The lowest BCUT2D eigenvalue weighted by Crippen LogP contribution is -2.49. The number of nitrogens with two attached hydrogens (primary N) is 1. The molecule has 1 saturated carbocycles. The fourth-order valence-corrected chi connectivity index (χ4v) is 3.61. The van der Waals surface area contributed by atoms with Crippen molar-refractivity contribution in [2.24, 2.45) is 5.73 Å². The van der Waals surface area contributed by atoms with Crippen LogP contribution < -0.4 is 5.73 Å². The molecular weight excluding hydrogens is 262 g/mol. The second-order valence-corrected chi connectivity index (χ2v) is 6.18. The molecule has 3 rings (SSSR count). The van der Waals surface area contributed by atoms with Crippen LogP contribution in [0.2, 0.25) is 0 Å². The summed E-state index contributed by atoms with van der Waals surface area (Å²) >= 11 is 0. The summed E-state index contributed by atoms with van der Waals surface area (Å²) in [6.07, 6.45) is 7.29. The van der Waals surface area contributed by atoms with Crippen LogP contribution in [-0.2, 0) is 6.54 Å². The van der Waals surface area contributed by atoms with E-state index in [4.69, 9.17) is 11.1 Å². The Morgan fingerprint density at radius 2 is 1.95 bits per heavy atom. The van der Waals surface area contributed by atoms with Crippen molar-refractivity contribution < 1.29 is 0 Å². The second-order valence-electron chi connectivity index (χ2n) is 6.18. The molecule has 0 spiro atoms. The van der Waals surface area contributed by atoms with Gasteiger partial charge in [-0.1, -0.05) is 18.9 Å². The zero-order chi connectivity index (χ0) is 14.7. The van der Waals surface area contributed by atoms with Crippen molar-refractivity contribution >= 4 is 5.84 Å². The molecule has 2 aliphatic rings. The van der Waals surface area contributed by atoms with E-state index in [-0.39, 0.29) is 5.84 Å². The number of amidine groups is 1. The van der Waals surface area contributed by atoms with Crippen molar-refractivity contribution in [2.75, 3.05) is 26.2 Å². The van der Waals surface area contributed by atoms with Crippen molar-refractivity contribution in [3.05, 3.63) is 29.6 Å². The molecule has 0 bridgehead atoms. The first-order valence-corrected chi connectivity index (χ1v) is 7.99. The van der Waals surface area contributed by atoms with Crippen molar-refractivity contribution in [1.82, 2.24) is 14.8 Å². The van der Waals surface area contributed by atoms with Gasteiger partial charge in [-0.15, -0.1) is 0 Å². The van der Waals surface area contributed by atoms with E-state index >= 15 is 0 Å². The summed E-state index contributed by atoms with van der Waals surface area (Å²) in [5.74, 6) is 0.0650. The van der Waals surface area contributed by atoms with E-state index in [9.17, 15) is 0 Å². The van der Waals surface area contributed by atoms with Crippen LogP contribution in [-0.4, -0.2) is 52.8 Å². The molecule has 114 valence electrons. The molecule has 0 amide bonds. The largest absolute Gasteiger partial charge is 0.382 e. The van der Waals surface area contributed by atoms with Gasteiger partial charge in [0.2, 0.25) is 0 Å². The first-order valence-electron chi connectivity index (χ1n) is 7.99. The molecule has 1 aliphatic carbocycles. The lowest BCUT2D eigenvalue weighted by molar-refractivity contribution is 0.0936. The molecule has 21 heavy (non-hydrogen) atoms. The number of aromatic nitrogens is 1. The highest BCUT2D eigenvalue weighted by atomic mass is 15.3. The van der Waals surface area contributed by atoms with Gasteiger partial charge in [0.05, 0.1) is 0 Å². The summed E-state index contributed by atoms with van der Waals surface area (Å²) < 4.78 is 0. The molecule has 5 heteroatoms. The fraction of sp³-hybridized carbons (Fsp3) is 0.625. The number of nitrogens with zero attached hydrogens (tertiary/aromatic N) is 3. The maximum Gasteiger partial charge on any atom is 0.142 e. The fourth-order valence-electron chi connectivity index (χ4n) is 3.61. The van der Waals surface area contributed by atoms with Gasteiger partial charge in [-0.2, -0.15) is 0 Å². The van der Waals surface area contributed by atoms with Gasteiger partial charge < -0.3 is 5.73 Å². The number of rotatable bonds is 4. The number of hydrogen-bond donors (Lipinski definition) is 2. The smallest absolute Gasteiger partial charge is 0.142 e. The van der Waals surface area contributed by atoms with Gasteiger partial charge in [-0.3, -0.25) is 20.2 Å². The average molecular weight is 287 g/mol. The number of hydrogen-bond acceptors (Lipinski definition) is 4. The first kappa shape index (κ1) is 14.5. The van der Waals surface area contributed by atoms with Gasteiger partial charge in [0, 0.05) is 45.0 Å². The zero-order valence-corrected chi connectivity index (χ0v) is 12.6. The summed E-state index contributed by atoms with van der Waals surface area (Å²) in [5.41, 5.74) is 7.32. The van der Waals surface area contributed by atoms with Crippen molar-refractivity contribution in [2.45, 2.75) is 38.3 Å². The molecule has 0 atom stereocenters. The first-order chi connectivity index (χ1) is 10.2. The van der Waals surface area contributed by atoms with Gasteiger partial charge in [-0.05, 0) is 24.5 Å². The van der Waals surface area contributed by atoms with E-state index in [1.54, 1.807) is 6.20 Å². The predicted molar refractivity (Wildman–Crippen MR) is 84.4 cm³/mol. The molecule has 1 saturated heterocycles. The van der Waals surface area contributed by atoms with Crippen LogP contribution >= 0.6 is 0 Å². The Bertz CT molecular complexity index is 487. The highest BCUT2D eigenvalue weighted by Gasteiger charge is 2.26. The predicted octanol–water partition coefficient (Wildman–Crippen LogP) is 1.43. The van der Waals surface area contributed by atoms with Crippen molar-refractivity contribution in [1.29, 1.82) is 5.41 Å². The summed E-state index contributed by atoms with van der Waals surface area (Å²) in [7, 11) is 0. The van der Waals surface area contributed by atoms with E-state index in [1.807, 2.05) is 12.1 Å². The molecule has 0 unspecified atom stereocenters. The maximum atomic E-state index is 7.63. The summed E-state index contributed by atoms with van der Waals surface area (Å²) in [6, 6.07) is 4.79. The van der Waals surface area contributed by atoms with Crippen LogP contribution in [0.5, 0.6) is 0 Å². The number of pyridine rings is 1. The summed E-state index contributed by atoms with van der Waals surface area (Å²) in [6.45, 7) is 5.38. The third kappa shape index (κ3) is 3.41. The summed E-state index contributed by atoms with van der Waals surface area (Å²) in [4.78, 5) is 9.35. The van der Waals surface area contributed by atoms with E-state index in [0.29, 0.717) is 5.69 Å². The number of piperazine rings is 1. The average Bonchev–Trinajstić information content (AvgIpc) is 3.03. The van der Waals surface area contributed by atoms with Crippen LogP contribution in [0.15, 0.2) is 18.3 Å². The Morgan fingerprint density at radius 3 is 2.62 bits per heavy atom. The lowest BCUT2D eigenvalue weighted by Gasteiger charge is -2.38. The Balaban J connectivity index is 1.57. The minimum Gasteiger partial charge on any atom is -0.382 e. The molecule has 0 radical (unpaired) electrons. The quantitative estimate of drug-likeness (QED) is 0.649. The van der Waals surface area contributed by atoms with Gasteiger partial charge >= 0.3 is 0 Å². The molecule has 2 heterocycles. The molecule has 5 nitrogen and oxygen atoms in total. The highest BCUT2D eigenvalue weighted by molar-refractivity contribution is 5.94. The van der Waals surface area contributed by atoms with Crippen LogP contribution in [0.3, 0.4) is 0 Å². The maximum absolute atomic E-state index is 7.63. The molecular formula is C16H25N5. The molecule has 1 aromatic heterocycles. The van der Waals surface area contributed by atoms with Crippen molar-refractivity contribution in [3.8, 4) is 0 Å².